The second kappa shape index (κ2) is 4.40. The summed E-state index contributed by atoms with van der Waals surface area (Å²) in [5.74, 6) is 0. The van der Waals surface area contributed by atoms with E-state index in [2.05, 4.69) is 21.6 Å². The maximum atomic E-state index is 4.39. The van der Waals surface area contributed by atoms with Gasteiger partial charge in [0, 0.05) is 6.04 Å². The minimum Gasteiger partial charge on any atom is -0.432 e. The van der Waals surface area contributed by atoms with Crippen molar-refractivity contribution in [3.8, 4) is 0 Å². The standard InChI is InChI=1S/C10H20N2O/c1-11-4-2-10(3-5-11)12-6-8-13-9-7-12/h10H,2-9H2,1H3/p+1. The Labute approximate surface area is 80.6 Å². The third kappa shape index (κ3) is 2.42. The molecule has 2 fully saturated rings. The maximum absolute atomic E-state index is 4.39. The molecular weight excluding hydrogens is 164 g/mol. The van der Waals surface area contributed by atoms with Crippen LogP contribution in [0.25, 0.3) is 0 Å². The van der Waals surface area contributed by atoms with Crippen LogP contribution in [0.4, 0.5) is 0 Å². The fourth-order valence-corrected chi connectivity index (χ4v) is 2.35. The molecule has 2 saturated heterocycles. The van der Waals surface area contributed by atoms with E-state index in [1.54, 1.807) is 0 Å². The van der Waals surface area contributed by atoms with Gasteiger partial charge in [0.05, 0.1) is 13.1 Å². The number of morpholine rings is 1. The largest absolute Gasteiger partial charge is 0.432 e. The molecular formula is C10H21N2O+. The highest BCUT2D eigenvalue weighted by molar-refractivity contribution is 4.79. The summed E-state index contributed by atoms with van der Waals surface area (Å²) in [6.07, 6.45) is 2.72. The monoisotopic (exact) mass is 185 g/mol. The molecule has 0 aromatic carbocycles. The first-order chi connectivity index (χ1) is 6.36. The van der Waals surface area contributed by atoms with Crippen molar-refractivity contribution in [1.82, 2.24) is 9.80 Å². The van der Waals surface area contributed by atoms with Crippen LogP contribution >= 0.6 is 0 Å². The quantitative estimate of drug-likeness (QED) is 0.532. The summed E-state index contributed by atoms with van der Waals surface area (Å²) in [5.41, 5.74) is 0. The van der Waals surface area contributed by atoms with E-state index in [1.165, 1.54) is 39.0 Å². The summed E-state index contributed by atoms with van der Waals surface area (Å²) in [4.78, 5) is 5.07. The molecule has 3 heteroatoms. The van der Waals surface area contributed by atoms with Gasteiger partial charge in [-0.15, -0.1) is 0 Å². The molecule has 3 nitrogen and oxygen atoms in total. The predicted octanol–water partition coefficient (Wildman–Crippen LogP) is -0.0758. The van der Waals surface area contributed by atoms with Gasteiger partial charge in [0.2, 0.25) is 0 Å². The molecule has 0 amide bonds. The van der Waals surface area contributed by atoms with E-state index in [9.17, 15) is 0 Å². The van der Waals surface area contributed by atoms with Crippen molar-refractivity contribution in [2.75, 3.05) is 46.4 Å². The molecule has 76 valence electrons. The van der Waals surface area contributed by atoms with E-state index in [4.69, 9.17) is 0 Å². The first-order valence-corrected chi connectivity index (χ1v) is 5.42. The Kier molecular flexibility index (Phi) is 3.19. The molecule has 1 N–H and O–H groups in total. The van der Waals surface area contributed by atoms with Gasteiger partial charge in [0.15, 0.2) is 13.2 Å². The van der Waals surface area contributed by atoms with Gasteiger partial charge in [0.1, 0.15) is 0 Å². The van der Waals surface area contributed by atoms with Gasteiger partial charge in [-0.2, -0.15) is 0 Å². The molecule has 0 saturated carbocycles. The second-order valence-corrected chi connectivity index (χ2v) is 4.24. The van der Waals surface area contributed by atoms with Crippen LogP contribution in [0.5, 0.6) is 0 Å². The SMILES string of the molecule is CN1CCC(N2CC[OH+]CC2)CC1. The average molecular weight is 185 g/mol. The van der Waals surface area contributed by atoms with E-state index in [0.717, 1.165) is 19.3 Å². The predicted molar refractivity (Wildman–Crippen MR) is 54.0 cm³/mol. The van der Waals surface area contributed by atoms with Crippen molar-refractivity contribution in [2.45, 2.75) is 18.9 Å². The van der Waals surface area contributed by atoms with Crippen molar-refractivity contribution in [2.24, 2.45) is 0 Å². The Morgan fingerprint density at radius 1 is 1.00 bits per heavy atom. The summed E-state index contributed by atoms with van der Waals surface area (Å²) in [6, 6.07) is 0.853. The molecule has 0 unspecified atom stereocenters. The lowest BCUT2D eigenvalue weighted by atomic mass is 10.0. The second-order valence-electron chi connectivity index (χ2n) is 4.24. The number of aliphatic hydroxyl groups is 2. The topological polar surface area (TPSA) is 19.3 Å². The van der Waals surface area contributed by atoms with Crippen LogP contribution < -0.4 is 0 Å². The highest BCUT2D eigenvalue weighted by atomic mass is 16.5. The zero-order valence-corrected chi connectivity index (χ0v) is 8.58. The third-order valence-electron chi connectivity index (χ3n) is 3.30. The number of nitrogens with zero attached hydrogens (tertiary/aromatic N) is 2. The highest BCUT2D eigenvalue weighted by Crippen LogP contribution is 2.15. The minimum atomic E-state index is 0.853. The minimum absolute atomic E-state index is 0.853. The molecule has 0 aromatic heterocycles. The first-order valence-electron chi connectivity index (χ1n) is 5.42. The molecule has 0 aromatic rings. The van der Waals surface area contributed by atoms with Gasteiger partial charge in [0.25, 0.3) is 0 Å². The van der Waals surface area contributed by atoms with Gasteiger partial charge in [-0.05, 0) is 33.0 Å². The van der Waals surface area contributed by atoms with Gasteiger partial charge < -0.3 is 9.64 Å². The Bertz CT molecular complexity index is 149. The number of rotatable bonds is 1. The Morgan fingerprint density at radius 3 is 2.23 bits per heavy atom. The maximum Gasteiger partial charge on any atom is 0.157 e. The lowest BCUT2D eigenvalue weighted by molar-refractivity contribution is -0.103. The van der Waals surface area contributed by atoms with E-state index < -0.39 is 0 Å². The Hall–Kier alpha value is -0.120. The van der Waals surface area contributed by atoms with Crippen LogP contribution in [-0.2, 0) is 0 Å². The lowest BCUT2D eigenvalue weighted by Gasteiger charge is -2.37. The number of hydrogen-bond acceptors (Lipinski definition) is 2. The summed E-state index contributed by atoms with van der Waals surface area (Å²) < 4.78 is 4.39. The molecule has 0 spiro atoms. The van der Waals surface area contributed by atoms with Gasteiger partial charge in [-0.1, -0.05) is 0 Å². The van der Waals surface area contributed by atoms with E-state index in [-0.39, 0.29) is 0 Å². The number of piperidine rings is 1. The van der Waals surface area contributed by atoms with E-state index in [0.29, 0.717) is 0 Å². The molecule has 2 heterocycles. The van der Waals surface area contributed by atoms with Crippen LogP contribution in [0, 0.1) is 0 Å². The van der Waals surface area contributed by atoms with Gasteiger partial charge in [-0.25, -0.2) is 0 Å². The Balaban J connectivity index is 1.79. The van der Waals surface area contributed by atoms with Crippen LogP contribution in [0.3, 0.4) is 0 Å². The molecule has 0 aliphatic carbocycles. The van der Waals surface area contributed by atoms with Crippen molar-refractivity contribution >= 4 is 0 Å². The molecule has 0 atom stereocenters. The molecule has 2 rings (SSSR count). The average Bonchev–Trinajstić information content (AvgIpc) is 2.20. The first kappa shape index (κ1) is 9.44. The third-order valence-corrected chi connectivity index (χ3v) is 3.30. The van der Waals surface area contributed by atoms with Gasteiger partial charge >= 0.3 is 0 Å². The number of hydrogen-bond donors (Lipinski definition) is 0. The Morgan fingerprint density at radius 2 is 1.62 bits per heavy atom. The molecule has 0 bridgehead atoms. The van der Waals surface area contributed by atoms with Crippen molar-refractivity contribution in [1.29, 1.82) is 0 Å². The summed E-state index contributed by atoms with van der Waals surface area (Å²) in [6.45, 7) is 7.08. The van der Waals surface area contributed by atoms with Gasteiger partial charge in [-0.3, -0.25) is 4.90 Å². The van der Waals surface area contributed by atoms with Crippen molar-refractivity contribution < 1.29 is 4.74 Å². The fourth-order valence-electron chi connectivity index (χ4n) is 2.35. The van der Waals surface area contributed by atoms with E-state index >= 15 is 0 Å². The zero-order valence-electron chi connectivity index (χ0n) is 8.58. The van der Waals surface area contributed by atoms with Crippen LogP contribution in [0.15, 0.2) is 0 Å². The molecule has 13 heavy (non-hydrogen) atoms. The van der Waals surface area contributed by atoms with E-state index in [1.807, 2.05) is 0 Å². The lowest BCUT2D eigenvalue weighted by Crippen LogP contribution is -2.49. The zero-order chi connectivity index (χ0) is 9.10. The van der Waals surface area contributed by atoms with Crippen LogP contribution in [-0.4, -0.2) is 67.0 Å². The summed E-state index contributed by atoms with van der Waals surface area (Å²) >= 11 is 0. The highest BCUT2D eigenvalue weighted by Gasteiger charge is 2.25. The normalized spacial score (nSPS) is 29.3. The van der Waals surface area contributed by atoms with Crippen molar-refractivity contribution in [3.63, 3.8) is 0 Å². The van der Waals surface area contributed by atoms with Crippen molar-refractivity contribution in [3.05, 3.63) is 0 Å². The summed E-state index contributed by atoms with van der Waals surface area (Å²) in [7, 11) is 2.22. The van der Waals surface area contributed by atoms with Crippen LogP contribution in [0.1, 0.15) is 12.8 Å². The molecule has 2 aliphatic rings. The smallest absolute Gasteiger partial charge is 0.157 e. The molecule has 0 radical (unpaired) electrons. The number of ether oxygens (including phenoxy) is 1. The van der Waals surface area contributed by atoms with Crippen LogP contribution in [0.2, 0.25) is 0 Å². The number of likely N-dealkylation sites (tertiary alicyclic amines) is 1. The summed E-state index contributed by atoms with van der Waals surface area (Å²) in [5, 5.41) is 0. The molecule has 2 aliphatic heterocycles. The fraction of sp³-hybridized carbons (Fsp3) is 1.00.